The van der Waals surface area contributed by atoms with Crippen molar-refractivity contribution < 1.29 is 4.39 Å². The van der Waals surface area contributed by atoms with E-state index < -0.39 is 0 Å². The largest absolute Gasteiger partial charge is 0.341 e. The van der Waals surface area contributed by atoms with Crippen molar-refractivity contribution in [3.8, 4) is 0 Å². The molecule has 0 spiro atoms. The maximum atomic E-state index is 13.2. The minimum atomic E-state index is -0.207. The molecule has 0 atom stereocenters. The van der Waals surface area contributed by atoms with Gasteiger partial charge >= 0.3 is 0 Å². The van der Waals surface area contributed by atoms with Crippen molar-refractivity contribution in [3.05, 3.63) is 59.9 Å². The highest BCUT2D eigenvalue weighted by atomic mass is 19.1. The Morgan fingerprint density at radius 2 is 1.76 bits per heavy atom. The minimum absolute atomic E-state index is 0.207. The van der Waals surface area contributed by atoms with Gasteiger partial charge in [0.05, 0.1) is 17.6 Å². The molecule has 0 saturated carbocycles. The van der Waals surface area contributed by atoms with Crippen LogP contribution in [0.5, 0.6) is 0 Å². The molecule has 5 heteroatoms. The summed E-state index contributed by atoms with van der Waals surface area (Å²) in [6.07, 6.45) is 1.96. The van der Waals surface area contributed by atoms with Crippen molar-refractivity contribution in [1.82, 2.24) is 9.55 Å². The van der Waals surface area contributed by atoms with E-state index in [2.05, 4.69) is 20.5 Å². The molecule has 2 aromatic carbocycles. The molecule has 1 aliphatic heterocycles. The second-order valence-corrected chi connectivity index (χ2v) is 6.39. The van der Waals surface area contributed by atoms with Gasteiger partial charge in [-0.05, 0) is 29.8 Å². The standard InChI is InChI=1S/C20H21FN4/c1-22-17-10-12-24(13-11-17)20-23-18-4-2-3-5-19(18)25(20)14-15-6-8-16(21)9-7-15/h2-9H,10-14H2,1H3. The lowest BCUT2D eigenvalue weighted by Gasteiger charge is -2.29. The Morgan fingerprint density at radius 3 is 2.48 bits per heavy atom. The number of benzene rings is 2. The van der Waals surface area contributed by atoms with E-state index in [0.717, 1.165) is 48.5 Å². The van der Waals surface area contributed by atoms with E-state index in [4.69, 9.17) is 4.98 Å². The number of halogens is 1. The van der Waals surface area contributed by atoms with Gasteiger partial charge in [-0.15, -0.1) is 0 Å². The Labute approximate surface area is 146 Å². The molecule has 1 saturated heterocycles. The fourth-order valence-corrected chi connectivity index (χ4v) is 3.42. The molecule has 0 N–H and O–H groups in total. The van der Waals surface area contributed by atoms with Crippen molar-refractivity contribution in [2.75, 3.05) is 25.0 Å². The van der Waals surface area contributed by atoms with Crippen LogP contribution in [0.4, 0.5) is 10.3 Å². The average molecular weight is 336 g/mol. The van der Waals surface area contributed by atoms with Crippen LogP contribution in [0.15, 0.2) is 53.5 Å². The molecule has 1 aromatic heterocycles. The molecule has 0 radical (unpaired) electrons. The lowest BCUT2D eigenvalue weighted by molar-refractivity contribution is 0.626. The summed E-state index contributed by atoms with van der Waals surface area (Å²) >= 11 is 0. The van der Waals surface area contributed by atoms with Gasteiger partial charge in [0.1, 0.15) is 5.82 Å². The Balaban J connectivity index is 1.72. The van der Waals surface area contributed by atoms with Gasteiger partial charge in [-0.3, -0.25) is 4.99 Å². The zero-order chi connectivity index (χ0) is 17.2. The predicted molar refractivity (Wildman–Crippen MR) is 100 cm³/mol. The molecule has 0 bridgehead atoms. The third kappa shape index (κ3) is 3.14. The third-order valence-electron chi connectivity index (χ3n) is 4.83. The summed E-state index contributed by atoms with van der Waals surface area (Å²) in [6.45, 7) is 2.54. The second kappa shape index (κ2) is 6.67. The molecule has 1 fully saturated rings. The van der Waals surface area contributed by atoms with Crippen LogP contribution < -0.4 is 4.90 Å². The number of piperidine rings is 1. The number of fused-ring (bicyclic) bond motifs is 1. The first-order chi connectivity index (χ1) is 12.2. The Bertz CT molecular complexity index is 901. The number of aromatic nitrogens is 2. The lowest BCUT2D eigenvalue weighted by atomic mass is 10.1. The number of hydrogen-bond acceptors (Lipinski definition) is 3. The molecule has 128 valence electrons. The van der Waals surface area contributed by atoms with E-state index in [1.165, 1.54) is 17.8 Å². The van der Waals surface area contributed by atoms with E-state index >= 15 is 0 Å². The van der Waals surface area contributed by atoms with Crippen molar-refractivity contribution in [2.45, 2.75) is 19.4 Å². The van der Waals surface area contributed by atoms with Crippen LogP contribution in [0.25, 0.3) is 11.0 Å². The first kappa shape index (κ1) is 15.8. The topological polar surface area (TPSA) is 33.4 Å². The number of rotatable bonds is 3. The highest BCUT2D eigenvalue weighted by Gasteiger charge is 2.21. The quantitative estimate of drug-likeness (QED) is 0.727. The first-order valence-electron chi connectivity index (χ1n) is 8.64. The Hall–Kier alpha value is -2.69. The smallest absolute Gasteiger partial charge is 0.206 e. The van der Waals surface area contributed by atoms with Crippen LogP contribution in [-0.2, 0) is 6.54 Å². The lowest BCUT2D eigenvalue weighted by Crippen LogP contribution is -2.35. The molecule has 0 aliphatic carbocycles. The van der Waals surface area contributed by atoms with Gasteiger partial charge in [0.2, 0.25) is 5.95 Å². The van der Waals surface area contributed by atoms with Gasteiger partial charge in [0.15, 0.2) is 0 Å². The summed E-state index contributed by atoms with van der Waals surface area (Å²) in [6, 6.07) is 14.9. The van der Waals surface area contributed by atoms with Gasteiger partial charge in [0.25, 0.3) is 0 Å². The van der Waals surface area contributed by atoms with Crippen molar-refractivity contribution in [2.24, 2.45) is 4.99 Å². The first-order valence-corrected chi connectivity index (χ1v) is 8.64. The monoisotopic (exact) mass is 336 g/mol. The van der Waals surface area contributed by atoms with Gasteiger partial charge in [0, 0.05) is 38.7 Å². The summed E-state index contributed by atoms with van der Waals surface area (Å²) in [7, 11) is 1.87. The number of imidazole rings is 1. The van der Waals surface area contributed by atoms with Gasteiger partial charge in [-0.2, -0.15) is 0 Å². The van der Waals surface area contributed by atoms with Gasteiger partial charge in [-0.25, -0.2) is 9.37 Å². The number of nitrogens with zero attached hydrogens (tertiary/aromatic N) is 4. The van der Waals surface area contributed by atoms with Gasteiger partial charge in [-0.1, -0.05) is 24.3 Å². The molecular weight excluding hydrogens is 315 g/mol. The van der Waals surface area contributed by atoms with E-state index in [9.17, 15) is 4.39 Å². The third-order valence-corrected chi connectivity index (χ3v) is 4.83. The van der Waals surface area contributed by atoms with Crippen LogP contribution in [0.2, 0.25) is 0 Å². The Kier molecular flexibility index (Phi) is 4.22. The molecule has 4 rings (SSSR count). The average Bonchev–Trinajstić information content (AvgIpc) is 3.02. The van der Waals surface area contributed by atoms with E-state index in [-0.39, 0.29) is 5.82 Å². The van der Waals surface area contributed by atoms with Crippen LogP contribution in [0, 0.1) is 5.82 Å². The molecular formula is C20H21FN4. The molecule has 4 nitrogen and oxygen atoms in total. The predicted octanol–water partition coefficient (Wildman–Crippen LogP) is 3.89. The maximum absolute atomic E-state index is 13.2. The van der Waals surface area contributed by atoms with Crippen LogP contribution in [-0.4, -0.2) is 35.4 Å². The van der Waals surface area contributed by atoms with E-state index in [1.54, 1.807) is 0 Å². The van der Waals surface area contributed by atoms with Crippen molar-refractivity contribution >= 4 is 22.7 Å². The van der Waals surface area contributed by atoms with Gasteiger partial charge < -0.3 is 9.47 Å². The number of para-hydroxylation sites is 2. The summed E-state index contributed by atoms with van der Waals surface area (Å²) < 4.78 is 15.5. The molecule has 0 amide bonds. The molecule has 2 heterocycles. The molecule has 3 aromatic rings. The highest BCUT2D eigenvalue weighted by molar-refractivity contribution is 5.87. The second-order valence-electron chi connectivity index (χ2n) is 6.39. The van der Waals surface area contributed by atoms with Crippen LogP contribution in [0.3, 0.4) is 0 Å². The van der Waals surface area contributed by atoms with E-state index in [0.29, 0.717) is 6.54 Å². The Morgan fingerprint density at radius 1 is 1.04 bits per heavy atom. The summed E-state index contributed by atoms with van der Waals surface area (Å²) in [4.78, 5) is 11.6. The zero-order valence-electron chi connectivity index (χ0n) is 14.3. The zero-order valence-corrected chi connectivity index (χ0v) is 14.3. The highest BCUT2D eigenvalue weighted by Crippen LogP contribution is 2.26. The SMILES string of the molecule is CN=C1CCN(c2nc3ccccc3n2Cc2ccc(F)cc2)CC1. The number of anilines is 1. The minimum Gasteiger partial charge on any atom is -0.341 e. The molecule has 1 aliphatic rings. The fourth-order valence-electron chi connectivity index (χ4n) is 3.42. The number of hydrogen-bond donors (Lipinski definition) is 0. The summed E-state index contributed by atoms with van der Waals surface area (Å²) in [5.74, 6) is 0.780. The van der Waals surface area contributed by atoms with Crippen molar-refractivity contribution in [3.63, 3.8) is 0 Å². The number of aliphatic imine (C=N–C) groups is 1. The summed E-state index contributed by atoms with van der Waals surface area (Å²) in [5.41, 5.74) is 4.45. The summed E-state index contributed by atoms with van der Waals surface area (Å²) in [5, 5.41) is 0. The molecule has 25 heavy (non-hydrogen) atoms. The maximum Gasteiger partial charge on any atom is 0.206 e. The van der Waals surface area contributed by atoms with E-state index in [1.807, 2.05) is 37.4 Å². The van der Waals surface area contributed by atoms with Crippen molar-refractivity contribution in [1.29, 1.82) is 0 Å². The van der Waals surface area contributed by atoms with Crippen LogP contribution in [0.1, 0.15) is 18.4 Å². The van der Waals surface area contributed by atoms with Crippen LogP contribution >= 0.6 is 0 Å². The fraction of sp³-hybridized carbons (Fsp3) is 0.300. The normalized spacial score (nSPS) is 15.0. The molecule has 0 unspecified atom stereocenters.